The smallest absolute Gasteiger partial charge is 0.251 e. The van der Waals surface area contributed by atoms with E-state index in [1.165, 1.54) is 0 Å². The van der Waals surface area contributed by atoms with Crippen LogP contribution in [0.3, 0.4) is 0 Å². The Morgan fingerprint density at radius 2 is 1.96 bits per heavy atom. The number of carbonyl (C=O) groups excluding carboxylic acids is 2. The number of carbonyl (C=O) groups is 2. The number of phenolic OH excluding ortho intramolecular Hbond substituents is 1. The number of aromatic hydroxyl groups is 1. The van der Waals surface area contributed by atoms with Gasteiger partial charge in [0.1, 0.15) is 11.9 Å². The van der Waals surface area contributed by atoms with Gasteiger partial charge in [0, 0.05) is 25.3 Å². The Morgan fingerprint density at radius 1 is 1.35 bits per heavy atom. The van der Waals surface area contributed by atoms with Crippen molar-refractivity contribution < 1.29 is 19.4 Å². The molecule has 6 heteroatoms. The van der Waals surface area contributed by atoms with E-state index in [2.05, 4.69) is 5.32 Å². The number of rotatable bonds is 6. The average molecular weight is 362 g/mol. The highest BCUT2D eigenvalue weighted by molar-refractivity contribution is 5.97. The van der Waals surface area contributed by atoms with E-state index >= 15 is 0 Å². The molecule has 2 rings (SSSR count). The van der Waals surface area contributed by atoms with Crippen LogP contribution in [0.4, 0.5) is 0 Å². The van der Waals surface area contributed by atoms with Crippen molar-refractivity contribution >= 4 is 11.8 Å². The Morgan fingerprint density at radius 3 is 2.54 bits per heavy atom. The van der Waals surface area contributed by atoms with E-state index in [-0.39, 0.29) is 17.6 Å². The third-order valence-corrected chi connectivity index (χ3v) is 5.15. The van der Waals surface area contributed by atoms with E-state index in [1.54, 1.807) is 32.9 Å². The first-order valence-electron chi connectivity index (χ1n) is 9.21. The van der Waals surface area contributed by atoms with Gasteiger partial charge in [0.2, 0.25) is 0 Å². The largest absolute Gasteiger partial charge is 0.508 e. The number of aryl methyl sites for hydroxylation is 2. The molecule has 1 aliphatic heterocycles. The summed E-state index contributed by atoms with van der Waals surface area (Å²) in [5, 5.41) is 12.6. The predicted octanol–water partition coefficient (Wildman–Crippen LogP) is 2.54. The van der Waals surface area contributed by atoms with Crippen LogP contribution in [-0.4, -0.2) is 53.2 Å². The maximum atomic E-state index is 12.7. The molecule has 1 fully saturated rings. The molecule has 2 atom stereocenters. The molecule has 2 amide bonds. The SMILES string of the molecule is CCOC(C)C(=O)N1CCCC1(C)CNC(=O)c1c(C)cc(O)cc1C. The summed E-state index contributed by atoms with van der Waals surface area (Å²) in [6.07, 6.45) is 1.27. The fourth-order valence-corrected chi connectivity index (χ4v) is 3.78. The molecule has 0 aliphatic carbocycles. The first kappa shape index (κ1) is 20.2. The fraction of sp³-hybridized carbons (Fsp3) is 0.600. The molecule has 1 saturated heterocycles. The Hall–Kier alpha value is -2.08. The van der Waals surface area contributed by atoms with Gasteiger partial charge in [-0.2, -0.15) is 0 Å². The van der Waals surface area contributed by atoms with Crippen molar-refractivity contribution in [1.29, 1.82) is 0 Å². The Labute approximate surface area is 155 Å². The lowest BCUT2D eigenvalue weighted by Crippen LogP contribution is -2.54. The molecule has 0 saturated carbocycles. The summed E-state index contributed by atoms with van der Waals surface area (Å²) in [4.78, 5) is 27.2. The van der Waals surface area contributed by atoms with Crippen molar-refractivity contribution in [1.82, 2.24) is 10.2 Å². The molecule has 144 valence electrons. The van der Waals surface area contributed by atoms with Crippen LogP contribution < -0.4 is 5.32 Å². The molecule has 26 heavy (non-hydrogen) atoms. The molecule has 1 heterocycles. The van der Waals surface area contributed by atoms with Crippen LogP contribution >= 0.6 is 0 Å². The lowest BCUT2D eigenvalue weighted by Gasteiger charge is -2.37. The maximum Gasteiger partial charge on any atom is 0.251 e. The number of benzene rings is 1. The van der Waals surface area contributed by atoms with E-state index < -0.39 is 11.6 Å². The molecule has 2 N–H and O–H groups in total. The summed E-state index contributed by atoms with van der Waals surface area (Å²) in [6.45, 7) is 10.8. The second kappa shape index (κ2) is 8.08. The number of hydrogen-bond donors (Lipinski definition) is 2. The minimum absolute atomic E-state index is 0.0295. The van der Waals surface area contributed by atoms with Gasteiger partial charge < -0.3 is 20.1 Å². The standard InChI is InChI=1S/C20H30N2O4/c1-6-26-15(4)19(25)22-9-7-8-20(22,5)12-21-18(24)17-13(2)10-16(23)11-14(17)3/h10-11,15,23H,6-9,12H2,1-5H3,(H,21,24). The Balaban J connectivity index is 2.10. The summed E-state index contributed by atoms with van der Waals surface area (Å²) in [5.41, 5.74) is 1.62. The summed E-state index contributed by atoms with van der Waals surface area (Å²) in [6, 6.07) is 3.16. The molecule has 1 aromatic carbocycles. The van der Waals surface area contributed by atoms with Gasteiger partial charge >= 0.3 is 0 Å². The van der Waals surface area contributed by atoms with Crippen LogP contribution in [0, 0.1) is 13.8 Å². The van der Waals surface area contributed by atoms with E-state index in [0.29, 0.717) is 25.3 Å². The minimum Gasteiger partial charge on any atom is -0.508 e. The molecule has 0 radical (unpaired) electrons. The van der Waals surface area contributed by atoms with Crippen molar-refractivity contribution in [2.45, 2.75) is 59.1 Å². The maximum absolute atomic E-state index is 12.7. The fourth-order valence-electron chi connectivity index (χ4n) is 3.78. The van der Waals surface area contributed by atoms with E-state index in [4.69, 9.17) is 4.74 Å². The topological polar surface area (TPSA) is 78.9 Å². The first-order valence-corrected chi connectivity index (χ1v) is 9.21. The highest BCUT2D eigenvalue weighted by Gasteiger charge is 2.41. The van der Waals surface area contributed by atoms with Gasteiger partial charge in [-0.05, 0) is 70.7 Å². The molecule has 6 nitrogen and oxygen atoms in total. The van der Waals surface area contributed by atoms with Crippen molar-refractivity contribution in [2.75, 3.05) is 19.7 Å². The second-order valence-corrected chi connectivity index (χ2v) is 7.33. The van der Waals surface area contributed by atoms with E-state index in [0.717, 1.165) is 24.0 Å². The van der Waals surface area contributed by atoms with Crippen LogP contribution in [0.5, 0.6) is 5.75 Å². The summed E-state index contributed by atoms with van der Waals surface area (Å²) in [7, 11) is 0. The van der Waals surface area contributed by atoms with Crippen LogP contribution in [0.15, 0.2) is 12.1 Å². The molecule has 1 aromatic rings. The monoisotopic (exact) mass is 362 g/mol. The normalized spacial score (nSPS) is 20.9. The third kappa shape index (κ3) is 4.18. The highest BCUT2D eigenvalue weighted by Crippen LogP contribution is 2.30. The van der Waals surface area contributed by atoms with E-state index in [1.807, 2.05) is 18.7 Å². The number of hydrogen-bond acceptors (Lipinski definition) is 4. The van der Waals surface area contributed by atoms with Crippen LogP contribution in [0.1, 0.15) is 55.1 Å². The van der Waals surface area contributed by atoms with Gasteiger partial charge in [-0.1, -0.05) is 0 Å². The molecule has 2 unspecified atom stereocenters. The molecule has 1 aliphatic rings. The van der Waals surface area contributed by atoms with Crippen molar-refractivity contribution in [3.8, 4) is 5.75 Å². The summed E-state index contributed by atoms with van der Waals surface area (Å²) < 4.78 is 5.44. The second-order valence-electron chi connectivity index (χ2n) is 7.33. The van der Waals surface area contributed by atoms with Gasteiger partial charge in [0.15, 0.2) is 0 Å². The summed E-state index contributed by atoms with van der Waals surface area (Å²) >= 11 is 0. The van der Waals surface area contributed by atoms with E-state index in [9.17, 15) is 14.7 Å². The zero-order valence-electron chi connectivity index (χ0n) is 16.4. The van der Waals surface area contributed by atoms with Gasteiger partial charge in [0.05, 0.1) is 5.54 Å². The van der Waals surface area contributed by atoms with Crippen LogP contribution in [0.25, 0.3) is 0 Å². The lowest BCUT2D eigenvalue weighted by molar-refractivity contribution is -0.146. The highest BCUT2D eigenvalue weighted by atomic mass is 16.5. The van der Waals surface area contributed by atoms with Crippen molar-refractivity contribution in [3.05, 3.63) is 28.8 Å². The molecule has 0 bridgehead atoms. The number of phenols is 1. The molecular weight excluding hydrogens is 332 g/mol. The number of nitrogens with one attached hydrogen (secondary N) is 1. The Kier molecular flexibility index (Phi) is 6.29. The zero-order chi connectivity index (χ0) is 19.5. The molecule has 0 spiro atoms. The van der Waals surface area contributed by atoms with Gasteiger partial charge in [-0.15, -0.1) is 0 Å². The Bertz CT molecular complexity index is 665. The number of amides is 2. The van der Waals surface area contributed by atoms with Crippen LogP contribution in [-0.2, 0) is 9.53 Å². The lowest BCUT2D eigenvalue weighted by atomic mass is 9.97. The molecule has 0 aromatic heterocycles. The summed E-state index contributed by atoms with van der Waals surface area (Å²) in [5.74, 6) is -0.0579. The number of nitrogens with zero attached hydrogens (tertiary/aromatic N) is 1. The quantitative estimate of drug-likeness (QED) is 0.815. The average Bonchev–Trinajstić information content (AvgIpc) is 2.93. The van der Waals surface area contributed by atoms with Crippen molar-refractivity contribution in [2.24, 2.45) is 0 Å². The number of ether oxygens (including phenoxy) is 1. The van der Waals surface area contributed by atoms with Gasteiger partial charge in [-0.3, -0.25) is 9.59 Å². The zero-order valence-corrected chi connectivity index (χ0v) is 16.4. The first-order chi connectivity index (χ1) is 12.2. The molecular formula is C20H30N2O4. The number of likely N-dealkylation sites (tertiary alicyclic amines) is 1. The third-order valence-electron chi connectivity index (χ3n) is 5.15. The predicted molar refractivity (Wildman–Crippen MR) is 100 cm³/mol. The van der Waals surface area contributed by atoms with Crippen LogP contribution in [0.2, 0.25) is 0 Å². The van der Waals surface area contributed by atoms with Crippen molar-refractivity contribution in [3.63, 3.8) is 0 Å². The van der Waals surface area contributed by atoms with Gasteiger partial charge in [-0.25, -0.2) is 0 Å². The minimum atomic E-state index is -0.477. The van der Waals surface area contributed by atoms with Gasteiger partial charge in [0.25, 0.3) is 11.8 Å².